The maximum atomic E-state index is 2.50. The van der Waals surface area contributed by atoms with Crippen LogP contribution in [0.5, 0.6) is 0 Å². The van der Waals surface area contributed by atoms with Crippen LogP contribution in [0.15, 0.2) is 149 Å². The molecule has 6 aromatic carbocycles. The van der Waals surface area contributed by atoms with Gasteiger partial charge in [-0.2, -0.15) is 0 Å². The molecule has 8 aromatic rings. The van der Waals surface area contributed by atoms with Crippen molar-refractivity contribution >= 4 is 67.7 Å². The van der Waals surface area contributed by atoms with Crippen molar-refractivity contribution in [2.24, 2.45) is 0 Å². The second-order valence-corrected chi connectivity index (χ2v) is 14.8. The molecule has 1 aliphatic heterocycles. The van der Waals surface area contributed by atoms with Gasteiger partial charge in [-0.1, -0.05) is 153 Å². The summed E-state index contributed by atoms with van der Waals surface area (Å²) in [6, 6.07) is 51.8. The number of para-hydroxylation sites is 3. The number of hydrogen-bond donors (Lipinski definition) is 0. The molecular formula is C44H37BN2S. The molecule has 0 amide bonds. The van der Waals surface area contributed by atoms with E-state index in [4.69, 9.17) is 0 Å². The minimum atomic E-state index is 0.184. The summed E-state index contributed by atoms with van der Waals surface area (Å²) in [4.78, 5) is 2.69. The summed E-state index contributed by atoms with van der Waals surface area (Å²) >= 11 is 1.92. The molecule has 0 saturated carbocycles. The van der Waals surface area contributed by atoms with Gasteiger partial charge in [-0.3, -0.25) is 0 Å². The normalized spacial score (nSPS) is 12.8. The summed E-state index contributed by atoms with van der Waals surface area (Å²) in [5.74, 6) is 0.870. The number of aromatic nitrogens is 2. The van der Waals surface area contributed by atoms with Gasteiger partial charge in [0.15, 0.2) is 0 Å². The van der Waals surface area contributed by atoms with Crippen molar-refractivity contribution in [3.8, 4) is 11.4 Å². The highest BCUT2D eigenvalue weighted by molar-refractivity contribution is 8.00. The molecule has 2 nitrogen and oxygen atoms in total. The second kappa shape index (κ2) is 11.4. The average Bonchev–Trinajstić information content (AvgIpc) is 3.63. The number of rotatable bonds is 5. The maximum Gasteiger partial charge on any atom is 0.244 e. The third kappa shape index (κ3) is 4.35. The minimum Gasteiger partial charge on any atom is -0.307 e. The molecule has 232 valence electrons. The zero-order chi connectivity index (χ0) is 32.5. The van der Waals surface area contributed by atoms with Crippen molar-refractivity contribution in [1.82, 2.24) is 9.13 Å². The van der Waals surface area contributed by atoms with E-state index in [1.807, 2.05) is 11.8 Å². The molecule has 2 aromatic heterocycles. The Bertz CT molecular complexity index is 2470. The SMILES string of the molecule is CC(C)c1cccc(C(C)C)c1B1c2ccccc2Sc2cc(-n3c4ccccc4c4c3c3ccccc3n4-c3ccccc3)ccc21. The molecule has 0 radical (unpaired) electrons. The highest BCUT2D eigenvalue weighted by Gasteiger charge is 2.35. The van der Waals surface area contributed by atoms with Gasteiger partial charge >= 0.3 is 0 Å². The van der Waals surface area contributed by atoms with Gasteiger partial charge in [0.05, 0.1) is 22.1 Å². The van der Waals surface area contributed by atoms with Gasteiger partial charge in [0.25, 0.3) is 0 Å². The van der Waals surface area contributed by atoms with E-state index in [9.17, 15) is 0 Å². The molecule has 0 aliphatic carbocycles. The Hall–Kier alpha value is -4.93. The van der Waals surface area contributed by atoms with Crippen LogP contribution < -0.4 is 16.4 Å². The molecule has 4 heteroatoms. The lowest BCUT2D eigenvalue weighted by molar-refractivity contribution is 0.845. The zero-order valence-corrected chi connectivity index (χ0v) is 28.6. The molecular weight excluding hydrogens is 599 g/mol. The summed E-state index contributed by atoms with van der Waals surface area (Å²) in [7, 11) is 0. The second-order valence-electron chi connectivity index (χ2n) is 13.7. The fraction of sp³-hybridized carbons (Fsp3) is 0.136. The minimum absolute atomic E-state index is 0.184. The molecule has 1 aliphatic rings. The van der Waals surface area contributed by atoms with Gasteiger partial charge in [0.1, 0.15) is 0 Å². The van der Waals surface area contributed by atoms with E-state index in [0.29, 0.717) is 11.8 Å². The Labute approximate surface area is 287 Å². The molecule has 0 spiro atoms. The molecule has 0 N–H and O–H groups in total. The Morgan fingerprint density at radius 2 is 1.02 bits per heavy atom. The summed E-state index contributed by atoms with van der Waals surface area (Å²) in [6.45, 7) is 9.54. The number of benzene rings is 6. The monoisotopic (exact) mass is 636 g/mol. The summed E-state index contributed by atoms with van der Waals surface area (Å²) in [5, 5.41) is 2.52. The van der Waals surface area contributed by atoms with Crippen molar-refractivity contribution < 1.29 is 0 Å². The van der Waals surface area contributed by atoms with Gasteiger partial charge in [-0.05, 0) is 65.4 Å². The van der Waals surface area contributed by atoms with E-state index < -0.39 is 0 Å². The molecule has 9 rings (SSSR count). The molecule has 0 unspecified atom stereocenters. The Balaban J connectivity index is 1.33. The molecule has 0 bridgehead atoms. The quantitative estimate of drug-likeness (QED) is 0.171. The van der Waals surface area contributed by atoms with Crippen LogP contribution in [-0.4, -0.2) is 15.8 Å². The number of fused-ring (bicyclic) bond motifs is 7. The van der Waals surface area contributed by atoms with Crippen LogP contribution in [0.3, 0.4) is 0 Å². The predicted octanol–water partition coefficient (Wildman–Crippen LogP) is 9.96. The Morgan fingerprint density at radius 3 is 1.67 bits per heavy atom. The van der Waals surface area contributed by atoms with E-state index in [-0.39, 0.29) is 6.71 Å². The Morgan fingerprint density at radius 1 is 0.479 bits per heavy atom. The predicted molar refractivity (Wildman–Crippen MR) is 207 cm³/mol. The zero-order valence-electron chi connectivity index (χ0n) is 27.8. The first kappa shape index (κ1) is 29.2. The van der Waals surface area contributed by atoms with Gasteiger partial charge in [0, 0.05) is 31.9 Å². The van der Waals surface area contributed by atoms with Crippen LogP contribution in [0.2, 0.25) is 0 Å². The number of hydrogen-bond acceptors (Lipinski definition) is 1. The number of nitrogens with zero attached hydrogens (tertiary/aromatic N) is 2. The van der Waals surface area contributed by atoms with Crippen LogP contribution >= 0.6 is 11.8 Å². The summed E-state index contributed by atoms with van der Waals surface area (Å²) in [6.07, 6.45) is 0. The van der Waals surface area contributed by atoms with Crippen LogP contribution in [0, 0.1) is 0 Å². The van der Waals surface area contributed by atoms with Gasteiger partial charge in [-0.25, -0.2) is 0 Å². The highest BCUT2D eigenvalue weighted by Crippen LogP contribution is 2.41. The largest absolute Gasteiger partial charge is 0.307 e. The van der Waals surface area contributed by atoms with Crippen molar-refractivity contribution in [2.75, 3.05) is 0 Å². The first-order valence-corrected chi connectivity index (χ1v) is 17.9. The summed E-state index contributed by atoms with van der Waals surface area (Å²) < 4.78 is 4.95. The van der Waals surface area contributed by atoms with Gasteiger partial charge in [0.2, 0.25) is 6.71 Å². The van der Waals surface area contributed by atoms with Crippen molar-refractivity contribution in [2.45, 2.75) is 49.3 Å². The topological polar surface area (TPSA) is 9.86 Å². The fourth-order valence-corrected chi connectivity index (χ4v) is 9.31. The van der Waals surface area contributed by atoms with Crippen molar-refractivity contribution in [3.05, 3.63) is 151 Å². The lowest BCUT2D eigenvalue weighted by atomic mass is 9.34. The fourth-order valence-electron chi connectivity index (χ4n) is 8.14. The van der Waals surface area contributed by atoms with E-state index in [1.165, 1.54) is 81.5 Å². The van der Waals surface area contributed by atoms with Crippen LogP contribution in [0.1, 0.15) is 50.7 Å². The third-order valence-corrected chi connectivity index (χ3v) is 11.4. The lowest BCUT2D eigenvalue weighted by Crippen LogP contribution is -2.57. The molecule has 0 fully saturated rings. The van der Waals surface area contributed by atoms with E-state index in [2.05, 4.69) is 176 Å². The van der Waals surface area contributed by atoms with Crippen LogP contribution in [-0.2, 0) is 0 Å². The molecule has 0 saturated heterocycles. The molecule has 0 atom stereocenters. The van der Waals surface area contributed by atoms with Crippen LogP contribution in [0.25, 0.3) is 44.2 Å². The summed E-state index contributed by atoms with van der Waals surface area (Å²) in [5.41, 5.74) is 14.5. The first-order chi connectivity index (χ1) is 23.5. The molecule has 48 heavy (non-hydrogen) atoms. The van der Waals surface area contributed by atoms with E-state index >= 15 is 0 Å². The van der Waals surface area contributed by atoms with Gasteiger partial charge in [-0.15, -0.1) is 0 Å². The van der Waals surface area contributed by atoms with Gasteiger partial charge < -0.3 is 9.13 Å². The lowest BCUT2D eigenvalue weighted by Gasteiger charge is -2.31. The van der Waals surface area contributed by atoms with Crippen molar-refractivity contribution in [3.63, 3.8) is 0 Å². The first-order valence-electron chi connectivity index (χ1n) is 17.1. The third-order valence-electron chi connectivity index (χ3n) is 10.2. The van der Waals surface area contributed by atoms with E-state index in [1.54, 1.807) is 0 Å². The van der Waals surface area contributed by atoms with E-state index in [0.717, 1.165) is 0 Å². The van der Waals surface area contributed by atoms with Crippen molar-refractivity contribution in [1.29, 1.82) is 0 Å². The molecule has 3 heterocycles. The van der Waals surface area contributed by atoms with Crippen LogP contribution in [0.4, 0.5) is 0 Å². The standard InChI is InChI=1S/C44H37BN2S/c1-28(2)32-19-14-20-33(29(3)4)42(32)45-36-21-10-13-24-40(36)48-41-27-31(25-26-37(41)45)47-39-23-12-9-18-35(39)43-44(47)34-17-8-11-22-38(34)46(43)30-15-6-5-7-16-30/h5-29H,1-4H3. The highest BCUT2D eigenvalue weighted by atomic mass is 32.2. The average molecular weight is 637 g/mol. The smallest absolute Gasteiger partial charge is 0.244 e. The maximum absolute atomic E-state index is 2.50. The Kier molecular flexibility index (Phi) is 6.91.